The summed E-state index contributed by atoms with van der Waals surface area (Å²) in [5.74, 6) is -0.708. The van der Waals surface area contributed by atoms with Gasteiger partial charge in [0, 0.05) is 11.6 Å². The molecule has 1 unspecified atom stereocenters. The topological polar surface area (TPSA) is 12.0 Å². The fraction of sp³-hybridized carbons (Fsp3) is 0.571. The van der Waals surface area contributed by atoms with Gasteiger partial charge in [0.25, 0.3) is 0 Å². The fourth-order valence-corrected chi connectivity index (χ4v) is 2.18. The summed E-state index contributed by atoms with van der Waals surface area (Å²) in [4.78, 5) is 0. The number of benzene rings is 1. The lowest BCUT2D eigenvalue weighted by atomic mass is 9.99. The third kappa shape index (κ3) is 2.83. The van der Waals surface area contributed by atoms with Crippen LogP contribution in [0.1, 0.15) is 43.4 Å². The van der Waals surface area contributed by atoms with Gasteiger partial charge in [0.15, 0.2) is 11.6 Å². The van der Waals surface area contributed by atoms with E-state index in [1.54, 1.807) is 19.1 Å². The maximum Gasteiger partial charge on any atom is 0.163 e. The Morgan fingerprint density at radius 3 is 2.59 bits per heavy atom. The minimum atomic E-state index is -0.707. The van der Waals surface area contributed by atoms with Gasteiger partial charge >= 0.3 is 0 Å². The molecule has 1 saturated carbocycles. The van der Waals surface area contributed by atoms with Crippen molar-refractivity contribution in [3.05, 3.63) is 34.9 Å². The molecule has 1 aliphatic carbocycles. The van der Waals surface area contributed by atoms with Crippen molar-refractivity contribution in [2.75, 3.05) is 6.54 Å². The highest BCUT2D eigenvalue weighted by Crippen LogP contribution is 2.38. The van der Waals surface area contributed by atoms with E-state index in [1.807, 2.05) is 6.92 Å². The van der Waals surface area contributed by atoms with E-state index < -0.39 is 11.6 Å². The van der Waals surface area contributed by atoms with E-state index in [4.69, 9.17) is 0 Å². The largest absolute Gasteiger partial charge is 0.310 e. The second kappa shape index (κ2) is 5.13. The molecule has 0 aliphatic heterocycles. The number of rotatable bonds is 5. The third-order valence-corrected chi connectivity index (χ3v) is 3.40. The van der Waals surface area contributed by atoms with Crippen LogP contribution in [0, 0.1) is 24.5 Å². The number of halogens is 2. The average Bonchev–Trinajstić information content (AvgIpc) is 3.10. The van der Waals surface area contributed by atoms with Gasteiger partial charge in [-0.2, -0.15) is 0 Å². The Bertz CT molecular complexity index is 399. The summed E-state index contributed by atoms with van der Waals surface area (Å²) in [6, 6.07) is 3.32. The quantitative estimate of drug-likeness (QED) is 0.825. The van der Waals surface area contributed by atoms with Gasteiger partial charge in [0.2, 0.25) is 0 Å². The van der Waals surface area contributed by atoms with Gasteiger partial charge in [-0.05, 0) is 31.4 Å². The van der Waals surface area contributed by atoms with Crippen molar-refractivity contribution >= 4 is 0 Å². The second-order valence-corrected chi connectivity index (χ2v) is 4.89. The van der Waals surface area contributed by atoms with E-state index in [1.165, 1.54) is 12.8 Å². The molecule has 0 amide bonds. The zero-order valence-corrected chi connectivity index (χ0v) is 10.4. The van der Waals surface area contributed by atoms with Gasteiger partial charge in [0.1, 0.15) is 0 Å². The summed E-state index contributed by atoms with van der Waals surface area (Å²) < 4.78 is 27.4. The van der Waals surface area contributed by atoms with Crippen LogP contribution in [0.2, 0.25) is 0 Å². The summed E-state index contributed by atoms with van der Waals surface area (Å²) in [5, 5.41) is 3.25. The van der Waals surface area contributed by atoms with Crippen molar-refractivity contribution in [1.29, 1.82) is 0 Å². The first-order valence-corrected chi connectivity index (χ1v) is 6.31. The van der Waals surface area contributed by atoms with E-state index in [0.29, 0.717) is 17.0 Å². The fourth-order valence-electron chi connectivity index (χ4n) is 2.18. The summed E-state index contributed by atoms with van der Waals surface area (Å²) in [6.45, 7) is 4.35. The molecule has 17 heavy (non-hydrogen) atoms. The highest BCUT2D eigenvalue weighted by atomic mass is 19.2. The van der Waals surface area contributed by atoms with E-state index >= 15 is 0 Å². The number of nitrogens with one attached hydrogen (secondary N) is 1. The van der Waals surface area contributed by atoms with Crippen LogP contribution in [-0.2, 0) is 0 Å². The molecule has 0 spiro atoms. The van der Waals surface area contributed by atoms with Crippen LogP contribution in [0.25, 0.3) is 0 Å². The third-order valence-electron chi connectivity index (χ3n) is 3.40. The van der Waals surface area contributed by atoms with Crippen molar-refractivity contribution in [2.45, 2.75) is 39.2 Å². The lowest BCUT2D eigenvalue weighted by Gasteiger charge is -2.19. The van der Waals surface area contributed by atoms with E-state index in [9.17, 15) is 8.78 Å². The summed E-state index contributed by atoms with van der Waals surface area (Å²) in [5.41, 5.74) is 0.842. The van der Waals surface area contributed by atoms with Crippen molar-refractivity contribution in [2.24, 2.45) is 5.92 Å². The molecule has 0 heterocycles. The van der Waals surface area contributed by atoms with E-state index in [2.05, 4.69) is 5.32 Å². The smallest absolute Gasteiger partial charge is 0.163 e. The van der Waals surface area contributed by atoms with Crippen molar-refractivity contribution in [3.63, 3.8) is 0 Å². The summed E-state index contributed by atoms with van der Waals surface area (Å²) >= 11 is 0. The number of aryl methyl sites for hydroxylation is 1. The summed E-state index contributed by atoms with van der Waals surface area (Å²) in [6.07, 6.45) is 3.35. The van der Waals surface area contributed by atoms with Crippen molar-refractivity contribution < 1.29 is 8.78 Å². The lowest BCUT2D eigenvalue weighted by molar-refractivity contribution is 0.437. The maximum absolute atomic E-state index is 13.9. The van der Waals surface area contributed by atoms with Crippen LogP contribution in [0.5, 0.6) is 0 Å². The number of hydrogen-bond donors (Lipinski definition) is 1. The van der Waals surface area contributed by atoms with Crippen LogP contribution < -0.4 is 5.32 Å². The van der Waals surface area contributed by atoms with Gasteiger partial charge in [-0.1, -0.05) is 31.9 Å². The van der Waals surface area contributed by atoms with Crippen LogP contribution >= 0.6 is 0 Å². The van der Waals surface area contributed by atoms with Crippen LogP contribution in [-0.4, -0.2) is 6.54 Å². The highest BCUT2D eigenvalue weighted by Gasteiger charge is 2.28. The first kappa shape index (κ1) is 12.5. The molecule has 0 saturated heterocycles. The van der Waals surface area contributed by atoms with E-state index in [0.717, 1.165) is 13.0 Å². The highest BCUT2D eigenvalue weighted by molar-refractivity contribution is 5.28. The minimum Gasteiger partial charge on any atom is -0.310 e. The molecule has 94 valence electrons. The van der Waals surface area contributed by atoms with Crippen LogP contribution in [0.4, 0.5) is 8.78 Å². The predicted molar refractivity (Wildman–Crippen MR) is 64.9 cm³/mol. The molecule has 1 fully saturated rings. The molecule has 0 aromatic heterocycles. The Morgan fingerprint density at radius 1 is 1.29 bits per heavy atom. The Hall–Kier alpha value is -0.960. The first-order chi connectivity index (χ1) is 8.13. The van der Waals surface area contributed by atoms with Gasteiger partial charge in [-0.3, -0.25) is 0 Å². The first-order valence-electron chi connectivity index (χ1n) is 6.31. The average molecular weight is 239 g/mol. The van der Waals surface area contributed by atoms with Gasteiger partial charge < -0.3 is 5.32 Å². The zero-order chi connectivity index (χ0) is 12.4. The molecule has 1 nitrogen and oxygen atoms in total. The van der Waals surface area contributed by atoms with Crippen molar-refractivity contribution in [3.8, 4) is 0 Å². The lowest BCUT2D eigenvalue weighted by Crippen LogP contribution is -2.23. The molecule has 1 aliphatic rings. The molecule has 3 heteroatoms. The van der Waals surface area contributed by atoms with Crippen LogP contribution in [0.3, 0.4) is 0 Å². The van der Waals surface area contributed by atoms with Gasteiger partial charge in [-0.15, -0.1) is 0 Å². The zero-order valence-electron chi connectivity index (χ0n) is 10.4. The minimum absolute atomic E-state index is 0.0531. The van der Waals surface area contributed by atoms with Gasteiger partial charge in [0.05, 0.1) is 0 Å². The monoisotopic (exact) mass is 239 g/mol. The van der Waals surface area contributed by atoms with Gasteiger partial charge in [-0.25, -0.2) is 8.78 Å². The molecular weight excluding hydrogens is 220 g/mol. The SMILES string of the molecule is CCNC(CC1CC1)c1ccc(C)c(F)c1F. The Labute approximate surface area is 101 Å². The van der Waals surface area contributed by atoms with Crippen LogP contribution in [0.15, 0.2) is 12.1 Å². The summed E-state index contributed by atoms with van der Waals surface area (Å²) in [7, 11) is 0. The molecule has 1 aromatic carbocycles. The molecule has 0 radical (unpaired) electrons. The maximum atomic E-state index is 13.9. The predicted octanol–water partition coefficient (Wildman–Crippen LogP) is 3.72. The Kier molecular flexibility index (Phi) is 3.77. The molecule has 2 rings (SSSR count). The standard InChI is InChI=1S/C14H19F2N/c1-3-17-12(8-10-5-6-10)11-7-4-9(2)13(15)14(11)16/h4,7,10,12,17H,3,5-6,8H2,1-2H3. The molecule has 1 atom stereocenters. The molecular formula is C14H19F2N. The van der Waals surface area contributed by atoms with Crippen molar-refractivity contribution in [1.82, 2.24) is 5.32 Å². The Morgan fingerprint density at radius 2 is 2.00 bits per heavy atom. The molecule has 0 bridgehead atoms. The second-order valence-electron chi connectivity index (χ2n) is 4.89. The van der Waals surface area contributed by atoms with E-state index in [-0.39, 0.29) is 6.04 Å². The Balaban J connectivity index is 2.24. The number of hydrogen-bond acceptors (Lipinski definition) is 1. The molecule has 1 aromatic rings. The molecule has 1 N–H and O–H groups in total. The normalized spacial score (nSPS) is 17.2.